The summed E-state index contributed by atoms with van der Waals surface area (Å²) in [5.74, 6) is -1.44. The van der Waals surface area contributed by atoms with Crippen molar-refractivity contribution in [1.82, 2.24) is 4.57 Å². The van der Waals surface area contributed by atoms with Gasteiger partial charge in [0.2, 0.25) is 0 Å². The molecule has 0 amide bonds. The van der Waals surface area contributed by atoms with E-state index in [1.54, 1.807) is 18.5 Å². The molecule has 0 aliphatic rings. The van der Waals surface area contributed by atoms with E-state index >= 15 is 0 Å². The maximum absolute atomic E-state index is 12.3. The van der Waals surface area contributed by atoms with Crippen LogP contribution < -0.4 is 5.56 Å². The fraction of sp³-hybridized carbons (Fsp3) is 0.375. The third-order valence-corrected chi connectivity index (χ3v) is 3.72. The van der Waals surface area contributed by atoms with Crippen LogP contribution in [0, 0.1) is 5.92 Å². The zero-order valence-corrected chi connectivity index (χ0v) is 12.0. The average molecular weight is 273 g/mol. The first-order chi connectivity index (χ1) is 9.43. The van der Waals surface area contributed by atoms with Gasteiger partial charge < -0.3 is 9.67 Å². The summed E-state index contributed by atoms with van der Waals surface area (Å²) >= 11 is 0. The highest BCUT2D eigenvalue weighted by Crippen LogP contribution is 2.17. The van der Waals surface area contributed by atoms with E-state index in [9.17, 15) is 9.59 Å². The lowest BCUT2D eigenvalue weighted by Gasteiger charge is -2.11. The van der Waals surface area contributed by atoms with Crippen LogP contribution >= 0.6 is 0 Å². The Hall–Kier alpha value is -2.10. The SMILES string of the molecule is CCc1ccc2c(c1)cc(CC(C)C(=O)O)c(=O)n2C. The standard InChI is InChI=1S/C16H19NO3/c1-4-11-5-6-14-12(8-11)9-13(15(18)17(14)3)7-10(2)16(19)20/h5-6,8-10H,4,7H2,1-3H3,(H,19,20). The number of fused-ring (bicyclic) bond motifs is 1. The lowest BCUT2D eigenvalue weighted by atomic mass is 10.00. The molecule has 2 aromatic rings. The smallest absolute Gasteiger partial charge is 0.306 e. The van der Waals surface area contributed by atoms with Crippen molar-refractivity contribution >= 4 is 16.9 Å². The number of carboxylic acids is 1. The predicted octanol–water partition coefficient (Wildman–Crippen LogP) is 2.36. The second-order valence-corrected chi connectivity index (χ2v) is 5.22. The molecule has 0 spiro atoms. The summed E-state index contributed by atoms with van der Waals surface area (Å²) in [6.45, 7) is 3.70. The molecule has 0 aliphatic heterocycles. The van der Waals surface area contributed by atoms with Crippen molar-refractivity contribution in [3.8, 4) is 0 Å². The highest BCUT2D eigenvalue weighted by Gasteiger charge is 2.15. The van der Waals surface area contributed by atoms with Gasteiger partial charge in [-0.05, 0) is 42.0 Å². The highest BCUT2D eigenvalue weighted by atomic mass is 16.4. The number of carboxylic acid groups (broad SMARTS) is 1. The van der Waals surface area contributed by atoms with Gasteiger partial charge in [-0.25, -0.2) is 0 Å². The lowest BCUT2D eigenvalue weighted by molar-refractivity contribution is -0.141. The van der Waals surface area contributed by atoms with E-state index in [1.165, 1.54) is 5.56 Å². The Kier molecular flexibility index (Phi) is 3.93. The first-order valence-electron chi connectivity index (χ1n) is 6.78. The first kappa shape index (κ1) is 14.3. The number of benzene rings is 1. The maximum atomic E-state index is 12.3. The molecule has 0 radical (unpaired) electrons. The number of nitrogens with zero attached hydrogens (tertiary/aromatic N) is 1. The summed E-state index contributed by atoms with van der Waals surface area (Å²) < 4.78 is 1.60. The molecule has 0 saturated carbocycles. The largest absolute Gasteiger partial charge is 0.481 e. The van der Waals surface area contributed by atoms with E-state index in [1.807, 2.05) is 18.2 Å². The van der Waals surface area contributed by atoms with Gasteiger partial charge in [0.05, 0.1) is 11.4 Å². The van der Waals surface area contributed by atoms with Crippen LogP contribution in [-0.2, 0) is 24.7 Å². The van der Waals surface area contributed by atoms with Crippen molar-refractivity contribution in [2.24, 2.45) is 13.0 Å². The van der Waals surface area contributed by atoms with Crippen LogP contribution in [0.4, 0.5) is 0 Å². The van der Waals surface area contributed by atoms with Gasteiger partial charge in [-0.3, -0.25) is 9.59 Å². The molecule has 1 N–H and O–H groups in total. The molecule has 106 valence electrons. The fourth-order valence-corrected chi connectivity index (χ4v) is 2.38. The van der Waals surface area contributed by atoms with Crippen LogP contribution in [0.25, 0.3) is 10.9 Å². The Labute approximate surface area is 117 Å². The van der Waals surface area contributed by atoms with Crippen molar-refractivity contribution in [2.75, 3.05) is 0 Å². The van der Waals surface area contributed by atoms with Gasteiger partial charge in [0.25, 0.3) is 5.56 Å². The van der Waals surface area contributed by atoms with E-state index in [0.717, 1.165) is 17.3 Å². The number of pyridine rings is 1. The molecule has 4 heteroatoms. The molecular formula is C16H19NO3. The van der Waals surface area contributed by atoms with Crippen LogP contribution in [0.3, 0.4) is 0 Å². The van der Waals surface area contributed by atoms with E-state index < -0.39 is 11.9 Å². The number of carbonyl (C=O) groups is 1. The zero-order chi connectivity index (χ0) is 14.9. The molecule has 1 atom stereocenters. The average Bonchev–Trinajstić information content (AvgIpc) is 2.43. The van der Waals surface area contributed by atoms with Crippen LogP contribution in [0.15, 0.2) is 29.1 Å². The van der Waals surface area contributed by atoms with Gasteiger partial charge in [0.1, 0.15) is 0 Å². The van der Waals surface area contributed by atoms with E-state index in [2.05, 4.69) is 13.0 Å². The molecule has 0 saturated heterocycles. The van der Waals surface area contributed by atoms with Crippen LogP contribution in [0.5, 0.6) is 0 Å². The summed E-state index contributed by atoms with van der Waals surface area (Å²) in [7, 11) is 1.73. The Bertz CT molecular complexity index is 715. The third-order valence-electron chi connectivity index (χ3n) is 3.72. The molecule has 1 unspecified atom stereocenters. The maximum Gasteiger partial charge on any atom is 0.306 e. The molecule has 0 aliphatic carbocycles. The Morgan fingerprint density at radius 3 is 2.65 bits per heavy atom. The zero-order valence-electron chi connectivity index (χ0n) is 12.0. The van der Waals surface area contributed by atoms with E-state index in [0.29, 0.717) is 5.56 Å². The number of rotatable bonds is 4. The fourth-order valence-electron chi connectivity index (χ4n) is 2.38. The van der Waals surface area contributed by atoms with Crippen LogP contribution in [0.1, 0.15) is 25.0 Å². The Morgan fingerprint density at radius 1 is 1.35 bits per heavy atom. The molecular weight excluding hydrogens is 254 g/mol. The second-order valence-electron chi connectivity index (χ2n) is 5.22. The van der Waals surface area contributed by atoms with E-state index in [4.69, 9.17) is 5.11 Å². The number of hydrogen-bond acceptors (Lipinski definition) is 2. The number of aliphatic carboxylic acids is 1. The summed E-state index contributed by atoms with van der Waals surface area (Å²) in [4.78, 5) is 23.2. The number of aryl methyl sites for hydroxylation is 2. The van der Waals surface area contributed by atoms with Crippen LogP contribution in [-0.4, -0.2) is 15.6 Å². The topological polar surface area (TPSA) is 59.3 Å². The van der Waals surface area contributed by atoms with Crippen molar-refractivity contribution in [1.29, 1.82) is 0 Å². The minimum Gasteiger partial charge on any atom is -0.481 e. The van der Waals surface area contributed by atoms with Gasteiger partial charge in [-0.15, -0.1) is 0 Å². The molecule has 0 fully saturated rings. The van der Waals surface area contributed by atoms with Crippen molar-refractivity contribution in [3.05, 3.63) is 45.7 Å². The third kappa shape index (κ3) is 2.59. The predicted molar refractivity (Wildman–Crippen MR) is 79.1 cm³/mol. The summed E-state index contributed by atoms with van der Waals surface area (Å²) in [5, 5.41) is 9.98. The number of aromatic nitrogens is 1. The van der Waals surface area contributed by atoms with Gasteiger partial charge in [-0.2, -0.15) is 0 Å². The molecule has 4 nitrogen and oxygen atoms in total. The van der Waals surface area contributed by atoms with Crippen molar-refractivity contribution in [2.45, 2.75) is 26.7 Å². The highest BCUT2D eigenvalue weighted by molar-refractivity contribution is 5.80. The molecule has 1 aromatic heterocycles. The van der Waals surface area contributed by atoms with Crippen molar-refractivity contribution < 1.29 is 9.90 Å². The van der Waals surface area contributed by atoms with Gasteiger partial charge in [0, 0.05) is 12.6 Å². The minimum absolute atomic E-state index is 0.116. The summed E-state index contributed by atoms with van der Waals surface area (Å²) in [5.41, 5.74) is 2.52. The second kappa shape index (κ2) is 5.49. The Morgan fingerprint density at radius 2 is 2.05 bits per heavy atom. The molecule has 0 bridgehead atoms. The Balaban J connectivity index is 2.58. The van der Waals surface area contributed by atoms with Gasteiger partial charge >= 0.3 is 5.97 Å². The number of hydrogen-bond donors (Lipinski definition) is 1. The molecule has 2 rings (SSSR count). The van der Waals surface area contributed by atoms with Crippen molar-refractivity contribution in [3.63, 3.8) is 0 Å². The van der Waals surface area contributed by atoms with E-state index in [-0.39, 0.29) is 12.0 Å². The lowest BCUT2D eigenvalue weighted by Crippen LogP contribution is -2.24. The molecule has 20 heavy (non-hydrogen) atoms. The molecule has 1 heterocycles. The monoisotopic (exact) mass is 273 g/mol. The minimum atomic E-state index is -0.880. The van der Waals surface area contributed by atoms with Crippen LogP contribution in [0.2, 0.25) is 0 Å². The van der Waals surface area contributed by atoms with Gasteiger partial charge in [-0.1, -0.05) is 19.9 Å². The summed E-state index contributed by atoms with van der Waals surface area (Å²) in [6, 6.07) is 7.85. The summed E-state index contributed by atoms with van der Waals surface area (Å²) in [6.07, 6.45) is 1.19. The molecule has 1 aromatic carbocycles. The first-order valence-corrected chi connectivity index (χ1v) is 6.78. The quantitative estimate of drug-likeness (QED) is 0.930. The normalized spacial score (nSPS) is 12.6. The van der Waals surface area contributed by atoms with Gasteiger partial charge in [0.15, 0.2) is 0 Å².